The molecule has 0 fully saturated rings. The molecule has 72 valence electrons. The molecule has 0 amide bonds. The van der Waals surface area contributed by atoms with Crippen LogP contribution in [0.1, 0.15) is 19.8 Å². The second-order valence-electron chi connectivity index (χ2n) is 2.88. The zero-order chi connectivity index (χ0) is 10.2. The zero-order valence-electron chi connectivity index (χ0n) is 8.23. The van der Waals surface area contributed by atoms with E-state index in [0.717, 1.165) is 16.5 Å². The Morgan fingerprint density at radius 3 is 2.71 bits per heavy atom. The van der Waals surface area contributed by atoms with E-state index in [1.165, 1.54) is 3.61 Å². The van der Waals surface area contributed by atoms with Gasteiger partial charge in [-0.15, -0.1) is 0 Å². The van der Waals surface area contributed by atoms with E-state index in [2.05, 4.69) is 31.2 Å². The van der Waals surface area contributed by atoms with Crippen LogP contribution in [0.2, 0.25) is 0 Å². The van der Waals surface area contributed by atoms with E-state index in [9.17, 15) is 0 Å². The number of unbranched alkanes of at least 4 members (excludes halogenated alkanes) is 1. The maximum absolute atomic E-state index is 8.93. The first-order valence-electron chi connectivity index (χ1n) is 4.70. The number of hydrogen-bond donors (Lipinski definition) is 0. The van der Waals surface area contributed by atoms with E-state index >= 15 is 0 Å². The minimum absolute atomic E-state index is 0.436. The Morgan fingerprint density at radius 1 is 1.43 bits per heavy atom. The first-order chi connectivity index (χ1) is 6.86. The first-order valence-corrected chi connectivity index (χ1v) is 7.03. The second kappa shape index (κ2) is 6.66. The molecule has 0 aliphatic rings. The first kappa shape index (κ1) is 11.3. The Kier molecular flexibility index (Phi) is 5.38. The number of allylic oxidation sites excluding steroid dienone is 2. The van der Waals surface area contributed by atoms with Gasteiger partial charge in [-0.05, 0) is 0 Å². The molecule has 1 aromatic rings. The zero-order valence-corrected chi connectivity index (χ0v) is 10.6. The third-order valence-electron chi connectivity index (χ3n) is 1.70. The Bertz CT molecular complexity index is 335. The van der Waals surface area contributed by atoms with Crippen LogP contribution in [0.5, 0.6) is 0 Å². The molecule has 1 aromatic carbocycles. The van der Waals surface area contributed by atoms with Crippen LogP contribution in [0.3, 0.4) is 0 Å². The van der Waals surface area contributed by atoms with E-state index in [-0.39, 0.29) is 0 Å². The van der Waals surface area contributed by atoms with Crippen molar-refractivity contribution in [2.24, 2.45) is 0 Å². The van der Waals surface area contributed by atoms with E-state index in [0.29, 0.717) is 0 Å². The van der Waals surface area contributed by atoms with Gasteiger partial charge < -0.3 is 0 Å². The van der Waals surface area contributed by atoms with Gasteiger partial charge in [0.15, 0.2) is 0 Å². The molecule has 0 unspecified atom stereocenters. The van der Waals surface area contributed by atoms with E-state index in [4.69, 9.17) is 5.26 Å². The average Bonchev–Trinajstić information content (AvgIpc) is 2.25. The van der Waals surface area contributed by atoms with Crippen LogP contribution in [0.4, 0.5) is 0 Å². The summed E-state index contributed by atoms with van der Waals surface area (Å²) in [6, 6.07) is 12.6. The van der Waals surface area contributed by atoms with Gasteiger partial charge in [-0.1, -0.05) is 0 Å². The van der Waals surface area contributed by atoms with E-state index in [1.807, 2.05) is 18.2 Å². The molecule has 2 heteroatoms. The fourth-order valence-corrected chi connectivity index (χ4v) is 3.27. The number of nitrogens with zero attached hydrogens (tertiary/aromatic N) is 1. The summed E-state index contributed by atoms with van der Waals surface area (Å²) in [5, 5.41) is 8.93. The Hall–Kier alpha value is -0.760. The maximum atomic E-state index is 8.93. The van der Waals surface area contributed by atoms with Gasteiger partial charge in [0.2, 0.25) is 0 Å². The summed E-state index contributed by atoms with van der Waals surface area (Å²) in [6.07, 6.45) is 4.24. The molecule has 0 aromatic heterocycles. The van der Waals surface area contributed by atoms with Crippen LogP contribution < -0.4 is 3.61 Å². The van der Waals surface area contributed by atoms with Gasteiger partial charge in [0.1, 0.15) is 0 Å². The molecule has 0 heterocycles. The van der Waals surface area contributed by atoms with Crippen molar-refractivity contribution in [1.82, 2.24) is 0 Å². The topological polar surface area (TPSA) is 23.8 Å². The molecule has 0 N–H and O–H groups in total. The predicted octanol–water partition coefficient (Wildman–Crippen LogP) is 2.22. The number of rotatable bonds is 4. The molecule has 0 bridgehead atoms. The molecule has 0 aliphatic carbocycles. The fourth-order valence-electron chi connectivity index (χ4n) is 1.00. The van der Waals surface area contributed by atoms with Crippen molar-refractivity contribution in [3.8, 4) is 6.07 Å². The minimum atomic E-state index is -0.436. The Labute approximate surface area is 95.5 Å². The summed E-state index contributed by atoms with van der Waals surface area (Å²) in [5.41, 5.74) is 0. The second-order valence-corrected chi connectivity index (χ2v) is 6.07. The van der Waals surface area contributed by atoms with Gasteiger partial charge in [0, 0.05) is 0 Å². The normalized spacial score (nSPS) is 11.0. The third kappa shape index (κ3) is 3.97. The van der Waals surface area contributed by atoms with Crippen molar-refractivity contribution >= 4 is 24.5 Å². The molecular formula is C12H13NTe. The van der Waals surface area contributed by atoms with Gasteiger partial charge in [-0.3, -0.25) is 0 Å². The van der Waals surface area contributed by atoms with Crippen molar-refractivity contribution in [2.75, 3.05) is 0 Å². The molecule has 0 atom stereocenters. The van der Waals surface area contributed by atoms with Crippen molar-refractivity contribution < 1.29 is 0 Å². The van der Waals surface area contributed by atoms with Crippen molar-refractivity contribution in [3.05, 3.63) is 40.0 Å². The molecule has 1 rings (SSSR count). The summed E-state index contributed by atoms with van der Waals surface area (Å²) in [6.45, 7) is 2.13. The summed E-state index contributed by atoms with van der Waals surface area (Å²) in [4.78, 5) is 0. The Morgan fingerprint density at radius 2 is 2.14 bits per heavy atom. The van der Waals surface area contributed by atoms with E-state index < -0.39 is 20.9 Å². The molecule has 0 aliphatic heterocycles. The van der Waals surface area contributed by atoms with Crippen LogP contribution in [0, 0.1) is 11.3 Å². The van der Waals surface area contributed by atoms with Gasteiger partial charge in [0.05, 0.1) is 0 Å². The van der Waals surface area contributed by atoms with Crippen LogP contribution in [0.15, 0.2) is 40.0 Å². The monoisotopic (exact) mass is 301 g/mol. The summed E-state index contributed by atoms with van der Waals surface area (Å²) in [5.74, 6) is 0. The number of hydrogen-bond acceptors (Lipinski definition) is 1. The average molecular weight is 299 g/mol. The van der Waals surface area contributed by atoms with Crippen molar-refractivity contribution in [1.29, 1.82) is 5.26 Å². The fraction of sp³-hybridized carbons (Fsp3) is 0.250. The van der Waals surface area contributed by atoms with Gasteiger partial charge in [-0.2, -0.15) is 0 Å². The molecular weight excluding hydrogens is 286 g/mol. The molecule has 14 heavy (non-hydrogen) atoms. The Balaban J connectivity index is 2.63. The summed E-state index contributed by atoms with van der Waals surface area (Å²) in [7, 11) is 0. The van der Waals surface area contributed by atoms with Crippen LogP contribution in [-0.4, -0.2) is 20.9 Å². The van der Waals surface area contributed by atoms with Crippen molar-refractivity contribution in [2.45, 2.75) is 19.8 Å². The molecule has 0 saturated heterocycles. The molecule has 0 radical (unpaired) electrons. The standard InChI is InChI=1S/C12H13NTe/c1-2-3-7-12(10-13)14-11-8-5-4-6-9-11/h4-9H,2-3H2,1H3/b12-7+. The van der Waals surface area contributed by atoms with Crippen LogP contribution in [-0.2, 0) is 0 Å². The van der Waals surface area contributed by atoms with E-state index in [1.54, 1.807) is 0 Å². The summed E-state index contributed by atoms with van der Waals surface area (Å²) >= 11 is -0.436. The number of nitriles is 1. The van der Waals surface area contributed by atoms with Crippen LogP contribution >= 0.6 is 0 Å². The quantitative estimate of drug-likeness (QED) is 0.618. The number of benzene rings is 1. The molecule has 0 spiro atoms. The molecule has 1 nitrogen and oxygen atoms in total. The third-order valence-corrected chi connectivity index (χ3v) is 4.51. The van der Waals surface area contributed by atoms with Crippen molar-refractivity contribution in [3.63, 3.8) is 0 Å². The van der Waals surface area contributed by atoms with Gasteiger partial charge in [-0.25, -0.2) is 0 Å². The van der Waals surface area contributed by atoms with Gasteiger partial charge in [0.25, 0.3) is 0 Å². The molecule has 0 saturated carbocycles. The summed E-state index contributed by atoms with van der Waals surface area (Å²) < 4.78 is 2.34. The van der Waals surface area contributed by atoms with Gasteiger partial charge >= 0.3 is 95.7 Å². The SMILES string of the molecule is CCC/C=C(\C#N)[Te]c1ccccc1. The van der Waals surface area contributed by atoms with Crippen LogP contribution in [0.25, 0.3) is 0 Å². The predicted molar refractivity (Wildman–Crippen MR) is 60.4 cm³/mol.